The molecular formula is C14H19ClN2O3. The first-order chi connectivity index (χ1) is 9.56. The van der Waals surface area contributed by atoms with Crippen molar-refractivity contribution in [2.45, 2.75) is 32.1 Å². The number of aromatic carboxylic acids is 1. The number of nitrogens with zero attached hydrogens (tertiary/aromatic N) is 1. The first-order valence-corrected chi connectivity index (χ1v) is 7.19. The lowest BCUT2D eigenvalue weighted by atomic mass is 9.74. The van der Waals surface area contributed by atoms with Gasteiger partial charge in [0.25, 0.3) is 0 Å². The fourth-order valence-electron chi connectivity index (χ4n) is 2.66. The Morgan fingerprint density at radius 2 is 2.05 bits per heavy atom. The highest BCUT2D eigenvalue weighted by Gasteiger charge is 2.31. The molecule has 0 aromatic carbocycles. The number of hydrogen-bond acceptors (Lipinski definition) is 4. The highest BCUT2D eigenvalue weighted by molar-refractivity contribution is 6.33. The summed E-state index contributed by atoms with van der Waals surface area (Å²) in [6.45, 7) is 0.733. The van der Waals surface area contributed by atoms with Crippen LogP contribution < -0.4 is 5.32 Å². The molecule has 1 aliphatic carbocycles. The lowest BCUT2D eigenvalue weighted by molar-refractivity contribution is 0.0690. The fraction of sp³-hybridized carbons (Fsp3) is 0.571. The second kappa shape index (κ2) is 6.41. The van der Waals surface area contributed by atoms with Gasteiger partial charge >= 0.3 is 5.97 Å². The van der Waals surface area contributed by atoms with Crippen LogP contribution in [-0.4, -0.2) is 34.3 Å². The number of hydrogen-bond donors (Lipinski definition) is 3. The van der Waals surface area contributed by atoms with Gasteiger partial charge in [-0.3, -0.25) is 0 Å². The predicted octanol–water partition coefficient (Wildman–Crippen LogP) is 2.79. The molecule has 5 nitrogen and oxygen atoms in total. The van der Waals surface area contributed by atoms with Crippen molar-refractivity contribution < 1.29 is 15.0 Å². The number of anilines is 1. The Balaban J connectivity index is 2.06. The summed E-state index contributed by atoms with van der Waals surface area (Å²) < 4.78 is 0. The van der Waals surface area contributed by atoms with Gasteiger partial charge < -0.3 is 15.5 Å². The Morgan fingerprint density at radius 3 is 2.65 bits per heavy atom. The van der Waals surface area contributed by atoms with Crippen molar-refractivity contribution in [3.63, 3.8) is 0 Å². The van der Waals surface area contributed by atoms with E-state index in [0.717, 1.165) is 25.7 Å². The van der Waals surface area contributed by atoms with Crippen LogP contribution in [0.1, 0.15) is 42.6 Å². The molecule has 0 atom stereocenters. The zero-order chi connectivity index (χ0) is 14.6. The topological polar surface area (TPSA) is 82.5 Å². The van der Waals surface area contributed by atoms with Crippen LogP contribution in [0, 0.1) is 5.41 Å². The second-order valence-corrected chi connectivity index (χ2v) is 5.81. The summed E-state index contributed by atoms with van der Waals surface area (Å²) in [4.78, 5) is 15.0. The van der Waals surface area contributed by atoms with E-state index in [1.165, 1.54) is 12.5 Å². The largest absolute Gasteiger partial charge is 0.476 e. The van der Waals surface area contributed by atoms with Crippen molar-refractivity contribution in [2.24, 2.45) is 5.41 Å². The maximum Gasteiger partial charge on any atom is 0.356 e. The summed E-state index contributed by atoms with van der Waals surface area (Å²) in [6.07, 6.45) is 5.42. The maximum absolute atomic E-state index is 11.0. The van der Waals surface area contributed by atoms with Gasteiger partial charge in [-0.1, -0.05) is 30.9 Å². The summed E-state index contributed by atoms with van der Waals surface area (Å²) in [5.74, 6) is -0.668. The third-order valence-electron chi connectivity index (χ3n) is 3.94. The molecule has 0 spiro atoms. The zero-order valence-corrected chi connectivity index (χ0v) is 12.0. The molecule has 2 rings (SSSR count). The zero-order valence-electron chi connectivity index (χ0n) is 11.2. The van der Waals surface area contributed by atoms with E-state index < -0.39 is 5.97 Å². The number of nitrogens with one attached hydrogen (secondary N) is 1. The van der Waals surface area contributed by atoms with Crippen LogP contribution in [0.25, 0.3) is 0 Å². The fourth-order valence-corrected chi connectivity index (χ4v) is 2.85. The van der Waals surface area contributed by atoms with Gasteiger partial charge in [-0.05, 0) is 25.0 Å². The first-order valence-electron chi connectivity index (χ1n) is 6.81. The van der Waals surface area contributed by atoms with Crippen molar-refractivity contribution in [3.05, 3.63) is 22.8 Å². The summed E-state index contributed by atoms with van der Waals surface area (Å²) in [5.41, 5.74) is -0.276. The number of pyridine rings is 1. The average Bonchev–Trinajstić information content (AvgIpc) is 2.47. The summed E-state index contributed by atoms with van der Waals surface area (Å²) in [6, 6.07) is 3.18. The van der Waals surface area contributed by atoms with Crippen LogP contribution in [-0.2, 0) is 0 Å². The quantitative estimate of drug-likeness (QED) is 0.778. The van der Waals surface area contributed by atoms with Gasteiger partial charge in [-0.25, -0.2) is 9.78 Å². The van der Waals surface area contributed by atoms with Crippen LogP contribution in [0.15, 0.2) is 12.1 Å². The van der Waals surface area contributed by atoms with Gasteiger partial charge in [0.2, 0.25) is 0 Å². The van der Waals surface area contributed by atoms with Crippen molar-refractivity contribution in [3.8, 4) is 0 Å². The highest BCUT2D eigenvalue weighted by atomic mass is 35.5. The SMILES string of the molecule is O=C(O)c1nc(NCC2(CO)CCCCC2)ccc1Cl. The molecule has 1 fully saturated rings. The number of carbonyl (C=O) groups is 1. The summed E-state index contributed by atoms with van der Waals surface area (Å²) in [5, 5.41) is 21.9. The summed E-state index contributed by atoms with van der Waals surface area (Å²) in [7, 11) is 0. The Bertz CT molecular complexity index is 487. The van der Waals surface area contributed by atoms with Gasteiger partial charge in [0, 0.05) is 12.0 Å². The molecule has 0 amide bonds. The van der Waals surface area contributed by atoms with Crippen molar-refractivity contribution >= 4 is 23.4 Å². The molecule has 110 valence electrons. The number of carboxylic acid groups (broad SMARTS) is 1. The molecule has 0 saturated heterocycles. The van der Waals surface area contributed by atoms with Crippen LogP contribution in [0.5, 0.6) is 0 Å². The Hall–Kier alpha value is -1.33. The van der Waals surface area contributed by atoms with E-state index in [4.69, 9.17) is 16.7 Å². The lowest BCUT2D eigenvalue weighted by Gasteiger charge is -2.35. The van der Waals surface area contributed by atoms with E-state index in [9.17, 15) is 9.90 Å². The second-order valence-electron chi connectivity index (χ2n) is 5.40. The molecule has 1 aliphatic rings. The highest BCUT2D eigenvalue weighted by Crippen LogP contribution is 2.35. The molecule has 6 heteroatoms. The van der Waals surface area contributed by atoms with Crippen LogP contribution in [0.2, 0.25) is 5.02 Å². The minimum atomic E-state index is -1.15. The number of carboxylic acids is 1. The third-order valence-corrected chi connectivity index (χ3v) is 4.25. The van der Waals surface area contributed by atoms with E-state index in [2.05, 4.69) is 10.3 Å². The number of aliphatic hydroxyl groups is 1. The number of aliphatic hydroxyl groups excluding tert-OH is 1. The minimum absolute atomic E-state index is 0.122. The van der Waals surface area contributed by atoms with Gasteiger partial charge in [0.05, 0.1) is 11.6 Å². The Morgan fingerprint density at radius 1 is 1.35 bits per heavy atom. The summed E-state index contributed by atoms with van der Waals surface area (Å²) >= 11 is 5.78. The molecule has 20 heavy (non-hydrogen) atoms. The normalized spacial score (nSPS) is 17.7. The van der Waals surface area contributed by atoms with Crippen molar-refractivity contribution in [2.75, 3.05) is 18.5 Å². The number of rotatable bonds is 5. The van der Waals surface area contributed by atoms with Crippen LogP contribution in [0.4, 0.5) is 5.82 Å². The average molecular weight is 299 g/mol. The van der Waals surface area contributed by atoms with Gasteiger partial charge in [-0.15, -0.1) is 0 Å². The molecule has 0 bridgehead atoms. The van der Waals surface area contributed by atoms with Gasteiger partial charge in [0.15, 0.2) is 5.69 Å². The smallest absolute Gasteiger partial charge is 0.356 e. The maximum atomic E-state index is 11.0. The first kappa shape index (κ1) is 15.1. The molecule has 1 aromatic rings. The van der Waals surface area contributed by atoms with E-state index >= 15 is 0 Å². The molecule has 1 saturated carbocycles. The third kappa shape index (κ3) is 3.41. The number of aromatic nitrogens is 1. The van der Waals surface area contributed by atoms with E-state index in [1.54, 1.807) is 6.07 Å². The molecule has 0 aliphatic heterocycles. The number of halogens is 1. The monoisotopic (exact) mass is 298 g/mol. The van der Waals surface area contributed by atoms with E-state index in [-0.39, 0.29) is 22.7 Å². The molecule has 1 heterocycles. The molecule has 0 radical (unpaired) electrons. The predicted molar refractivity (Wildman–Crippen MR) is 77.3 cm³/mol. The van der Waals surface area contributed by atoms with Gasteiger partial charge in [-0.2, -0.15) is 0 Å². The van der Waals surface area contributed by atoms with Crippen molar-refractivity contribution in [1.82, 2.24) is 4.98 Å². The minimum Gasteiger partial charge on any atom is -0.476 e. The Labute approximate surface area is 123 Å². The molecule has 1 aromatic heterocycles. The van der Waals surface area contributed by atoms with E-state index in [0.29, 0.717) is 12.4 Å². The Kier molecular flexibility index (Phi) is 4.83. The van der Waals surface area contributed by atoms with Crippen LogP contribution in [0.3, 0.4) is 0 Å². The molecular weight excluding hydrogens is 280 g/mol. The lowest BCUT2D eigenvalue weighted by Crippen LogP contribution is -2.35. The van der Waals surface area contributed by atoms with Crippen molar-refractivity contribution in [1.29, 1.82) is 0 Å². The molecule has 0 unspecified atom stereocenters. The standard InChI is InChI=1S/C14H19ClN2O3/c15-10-4-5-11(17-12(10)13(19)20)16-8-14(9-18)6-2-1-3-7-14/h4-5,18H,1-3,6-9H2,(H,16,17)(H,19,20). The van der Waals surface area contributed by atoms with Gasteiger partial charge in [0.1, 0.15) is 5.82 Å². The molecule has 3 N–H and O–H groups in total. The van der Waals surface area contributed by atoms with E-state index in [1.807, 2.05) is 0 Å². The van der Waals surface area contributed by atoms with Crippen LogP contribution >= 0.6 is 11.6 Å².